The summed E-state index contributed by atoms with van der Waals surface area (Å²) in [4.78, 5) is 31.8. The highest BCUT2D eigenvalue weighted by Gasteiger charge is 2.26. The van der Waals surface area contributed by atoms with Crippen molar-refractivity contribution in [2.24, 2.45) is 0 Å². The van der Waals surface area contributed by atoms with Crippen LogP contribution in [0.5, 0.6) is 11.5 Å². The lowest BCUT2D eigenvalue weighted by molar-refractivity contribution is -0.402. The monoisotopic (exact) mass is 448 g/mol. The highest BCUT2D eigenvalue weighted by Crippen LogP contribution is 2.37. The average molecular weight is 449 g/mol. The zero-order chi connectivity index (χ0) is 22.5. The number of aromatic nitrogens is 1. The van der Waals surface area contributed by atoms with E-state index in [1.54, 1.807) is 26.4 Å². The fourth-order valence-corrected chi connectivity index (χ4v) is 4.10. The number of carbonyl (C=O) groups excluding carboxylic acids is 1. The first kappa shape index (κ1) is 22.5. The van der Waals surface area contributed by atoms with Crippen molar-refractivity contribution in [1.82, 2.24) is 9.88 Å². The van der Waals surface area contributed by atoms with Crippen molar-refractivity contribution >= 4 is 38.5 Å². The molecule has 0 aliphatic heterocycles. The van der Waals surface area contributed by atoms with E-state index < -0.39 is 16.7 Å². The summed E-state index contributed by atoms with van der Waals surface area (Å²) in [6.45, 7) is 6.72. The molecule has 0 atom stereocenters. The normalized spacial score (nSPS) is 11.1. The molecule has 0 N–H and O–H groups in total. The number of furan rings is 1. The molecule has 0 bridgehead atoms. The van der Waals surface area contributed by atoms with Crippen molar-refractivity contribution in [2.75, 3.05) is 45.3 Å². The van der Waals surface area contributed by atoms with E-state index in [2.05, 4.69) is 9.88 Å². The van der Waals surface area contributed by atoms with Gasteiger partial charge in [-0.15, -0.1) is 0 Å². The van der Waals surface area contributed by atoms with E-state index in [4.69, 9.17) is 13.9 Å². The van der Waals surface area contributed by atoms with Gasteiger partial charge in [0, 0.05) is 25.2 Å². The molecular weight excluding hydrogens is 424 g/mol. The standard InChI is InChI=1S/C20H24N4O6S/c1-5-22(6-2)9-10-23(19(25)14-7-8-18(30-14)24(26)27)20-21-13-11-15(28-3)16(29-4)12-17(13)31-20/h7-8,11-12H,5-6,9-10H2,1-4H3. The van der Waals surface area contributed by atoms with Gasteiger partial charge in [0.2, 0.25) is 0 Å². The maximum atomic E-state index is 13.2. The van der Waals surface area contributed by atoms with Crippen molar-refractivity contribution < 1.29 is 23.6 Å². The van der Waals surface area contributed by atoms with Crippen LogP contribution in [0.3, 0.4) is 0 Å². The van der Waals surface area contributed by atoms with Crippen molar-refractivity contribution in [3.63, 3.8) is 0 Å². The van der Waals surface area contributed by atoms with Crippen LogP contribution in [0.4, 0.5) is 11.0 Å². The summed E-state index contributed by atoms with van der Waals surface area (Å²) < 4.78 is 16.7. The van der Waals surface area contributed by atoms with Gasteiger partial charge in [0.05, 0.1) is 30.5 Å². The molecule has 31 heavy (non-hydrogen) atoms. The molecule has 2 aromatic heterocycles. The van der Waals surface area contributed by atoms with Gasteiger partial charge in [0.1, 0.15) is 4.92 Å². The number of methoxy groups -OCH3 is 2. The molecule has 0 saturated carbocycles. The lowest BCUT2D eigenvalue weighted by atomic mass is 10.3. The van der Waals surface area contributed by atoms with Crippen molar-refractivity contribution in [3.8, 4) is 11.5 Å². The van der Waals surface area contributed by atoms with Crippen LogP contribution < -0.4 is 14.4 Å². The summed E-state index contributed by atoms with van der Waals surface area (Å²) in [5, 5.41) is 11.4. The Bertz CT molecular complexity index is 1030. The Balaban J connectivity index is 2.00. The summed E-state index contributed by atoms with van der Waals surface area (Å²) in [7, 11) is 3.09. The Morgan fingerprint density at radius 1 is 1.16 bits per heavy atom. The van der Waals surface area contributed by atoms with Crippen LogP contribution in [-0.2, 0) is 0 Å². The van der Waals surface area contributed by atoms with Gasteiger partial charge >= 0.3 is 5.88 Å². The zero-order valence-electron chi connectivity index (χ0n) is 17.8. The van der Waals surface area contributed by atoms with E-state index in [1.807, 2.05) is 13.8 Å². The Hall–Kier alpha value is -3.18. The minimum absolute atomic E-state index is 0.110. The lowest BCUT2D eigenvalue weighted by Gasteiger charge is -2.23. The highest BCUT2D eigenvalue weighted by molar-refractivity contribution is 7.22. The summed E-state index contributed by atoms with van der Waals surface area (Å²) >= 11 is 1.32. The first-order valence-corrected chi connectivity index (χ1v) is 10.5. The fraction of sp³-hybridized carbons (Fsp3) is 0.400. The van der Waals surface area contributed by atoms with Crippen LogP contribution in [0.1, 0.15) is 24.4 Å². The van der Waals surface area contributed by atoms with E-state index in [0.717, 1.165) is 17.8 Å². The number of thiazole rings is 1. The molecule has 3 aromatic rings. The molecule has 10 nitrogen and oxygen atoms in total. The van der Waals surface area contributed by atoms with Gasteiger partial charge in [0.25, 0.3) is 5.91 Å². The molecule has 0 radical (unpaired) electrons. The van der Waals surface area contributed by atoms with Gasteiger partial charge in [-0.3, -0.25) is 19.8 Å². The van der Waals surface area contributed by atoms with E-state index in [-0.39, 0.29) is 5.76 Å². The predicted octanol–water partition coefficient (Wildman–Crippen LogP) is 3.80. The topological polar surface area (TPSA) is 111 Å². The SMILES string of the molecule is CCN(CC)CCN(C(=O)c1ccc([N+](=O)[O-])o1)c1nc2cc(OC)c(OC)cc2s1. The van der Waals surface area contributed by atoms with Crippen LogP contribution in [0.15, 0.2) is 28.7 Å². The molecule has 1 amide bonds. The second kappa shape index (κ2) is 9.75. The average Bonchev–Trinajstić information content (AvgIpc) is 3.42. The summed E-state index contributed by atoms with van der Waals surface area (Å²) in [5.41, 5.74) is 0.656. The first-order chi connectivity index (χ1) is 14.9. The Labute approximate surface area is 183 Å². The first-order valence-electron chi connectivity index (χ1n) is 9.72. The number of hydrogen-bond donors (Lipinski definition) is 0. The molecule has 0 aliphatic rings. The summed E-state index contributed by atoms with van der Waals surface area (Å²) in [6, 6.07) is 6.03. The number of likely N-dealkylation sites (N-methyl/N-ethyl adjacent to an activating group) is 1. The quantitative estimate of drug-likeness (QED) is 0.340. The molecule has 0 unspecified atom stereocenters. The third kappa shape index (κ3) is 4.78. The van der Waals surface area contributed by atoms with Crippen molar-refractivity contribution in [2.45, 2.75) is 13.8 Å². The predicted molar refractivity (Wildman–Crippen MR) is 118 cm³/mol. The smallest absolute Gasteiger partial charge is 0.433 e. The third-order valence-electron chi connectivity index (χ3n) is 4.88. The molecule has 166 valence electrons. The molecule has 0 aliphatic carbocycles. The van der Waals surface area contributed by atoms with Crippen LogP contribution in [0, 0.1) is 10.1 Å². The second-order valence-electron chi connectivity index (χ2n) is 6.55. The number of nitro groups is 1. The number of hydrogen-bond acceptors (Lipinski definition) is 9. The van der Waals surface area contributed by atoms with Crippen molar-refractivity contribution in [3.05, 3.63) is 40.1 Å². The maximum absolute atomic E-state index is 13.2. The maximum Gasteiger partial charge on any atom is 0.433 e. The molecule has 3 rings (SSSR count). The molecule has 11 heteroatoms. The Kier molecular flexibility index (Phi) is 7.08. The number of rotatable bonds is 10. The van der Waals surface area contributed by atoms with E-state index in [9.17, 15) is 14.9 Å². The molecule has 2 heterocycles. The van der Waals surface area contributed by atoms with Gasteiger partial charge in [-0.2, -0.15) is 0 Å². The molecule has 0 saturated heterocycles. The summed E-state index contributed by atoms with van der Waals surface area (Å²) in [5.74, 6) is 0.0205. The van der Waals surface area contributed by atoms with Gasteiger partial charge in [-0.25, -0.2) is 4.98 Å². The summed E-state index contributed by atoms with van der Waals surface area (Å²) in [6.07, 6.45) is 0. The van der Waals surface area contributed by atoms with Gasteiger partial charge in [0.15, 0.2) is 22.4 Å². The minimum Gasteiger partial charge on any atom is -0.493 e. The number of fused-ring (bicyclic) bond motifs is 1. The Morgan fingerprint density at radius 3 is 2.42 bits per heavy atom. The molecule has 0 fully saturated rings. The molecule has 0 spiro atoms. The lowest BCUT2D eigenvalue weighted by Crippen LogP contribution is -2.38. The number of carbonyl (C=O) groups is 1. The van der Waals surface area contributed by atoms with Gasteiger partial charge < -0.3 is 18.8 Å². The number of nitrogens with zero attached hydrogens (tertiary/aromatic N) is 4. The van der Waals surface area contributed by atoms with Crippen LogP contribution in [-0.4, -0.2) is 61.1 Å². The Morgan fingerprint density at radius 2 is 1.84 bits per heavy atom. The van der Waals surface area contributed by atoms with Crippen LogP contribution >= 0.6 is 11.3 Å². The second-order valence-corrected chi connectivity index (χ2v) is 7.56. The zero-order valence-corrected chi connectivity index (χ0v) is 18.6. The molecule has 1 aromatic carbocycles. The largest absolute Gasteiger partial charge is 0.493 e. The number of ether oxygens (including phenoxy) is 2. The fourth-order valence-electron chi connectivity index (χ4n) is 3.10. The minimum atomic E-state index is -0.673. The van der Waals surface area contributed by atoms with Crippen LogP contribution in [0.25, 0.3) is 10.2 Å². The van der Waals surface area contributed by atoms with Gasteiger partial charge in [-0.1, -0.05) is 25.2 Å². The number of anilines is 1. The van der Waals surface area contributed by atoms with E-state index in [0.29, 0.717) is 35.2 Å². The van der Waals surface area contributed by atoms with E-state index >= 15 is 0 Å². The van der Waals surface area contributed by atoms with E-state index in [1.165, 1.54) is 28.4 Å². The van der Waals surface area contributed by atoms with Crippen LogP contribution in [0.2, 0.25) is 0 Å². The van der Waals surface area contributed by atoms with Gasteiger partial charge in [-0.05, 0) is 19.2 Å². The highest BCUT2D eigenvalue weighted by atomic mass is 32.1. The number of benzene rings is 1. The molecular formula is C20H24N4O6S. The van der Waals surface area contributed by atoms with Crippen molar-refractivity contribution in [1.29, 1.82) is 0 Å². The number of amides is 1. The third-order valence-corrected chi connectivity index (χ3v) is 5.92.